The molecule has 0 radical (unpaired) electrons. The van der Waals surface area contributed by atoms with E-state index in [1.165, 1.54) is 0 Å². The number of piperidine rings is 1. The molecule has 0 saturated carbocycles. The second-order valence-electron chi connectivity index (χ2n) is 3.70. The first-order valence-electron chi connectivity index (χ1n) is 4.96. The van der Waals surface area contributed by atoms with E-state index >= 15 is 0 Å². The molecule has 2 fully saturated rings. The molecule has 2 aliphatic rings. The SMILES string of the molecule is O=C1OCOC(=O)N2[C@@H]1CCC[C@H]2C(=O)O. The second kappa shape index (κ2) is 3.99. The third-order valence-corrected chi connectivity index (χ3v) is 2.78. The molecule has 2 heterocycles. The first kappa shape index (κ1) is 10.7. The molecule has 0 spiro atoms. The third-order valence-electron chi connectivity index (χ3n) is 2.78. The zero-order valence-electron chi connectivity index (χ0n) is 8.42. The molecule has 2 saturated heterocycles. The molecule has 7 heteroatoms. The molecule has 88 valence electrons. The van der Waals surface area contributed by atoms with Gasteiger partial charge in [0.25, 0.3) is 0 Å². The molecule has 0 aromatic rings. The first-order valence-corrected chi connectivity index (χ1v) is 4.96. The van der Waals surface area contributed by atoms with Gasteiger partial charge in [-0.05, 0) is 19.3 Å². The monoisotopic (exact) mass is 229 g/mol. The van der Waals surface area contributed by atoms with Crippen molar-refractivity contribution in [3.05, 3.63) is 0 Å². The highest BCUT2D eigenvalue weighted by atomic mass is 16.7. The topological polar surface area (TPSA) is 93.1 Å². The molecule has 0 aromatic carbocycles. The van der Waals surface area contributed by atoms with Gasteiger partial charge in [0.2, 0.25) is 6.79 Å². The minimum Gasteiger partial charge on any atom is -0.480 e. The Morgan fingerprint density at radius 2 is 2.06 bits per heavy atom. The van der Waals surface area contributed by atoms with Crippen LogP contribution in [-0.2, 0) is 19.1 Å². The number of carboxylic acids is 1. The molecule has 2 aliphatic heterocycles. The minimum atomic E-state index is -1.13. The number of hydrogen-bond donors (Lipinski definition) is 1. The second-order valence-corrected chi connectivity index (χ2v) is 3.70. The van der Waals surface area contributed by atoms with Crippen LogP contribution in [0.25, 0.3) is 0 Å². The molecule has 1 amide bonds. The fraction of sp³-hybridized carbons (Fsp3) is 0.667. The normalized spacial score (nSPS) is 29.9. The maximum absolute atomic E-state index is 11.5. The van der Waals surface area contributed by atoms with Crippen molar-refractivity contribution < 1.29 is 29.0 Å². The molecule has 2 atom stereocenters. The number of esters is 1. The summed E-state index contributed by atoms with van der Waals surface area (Å²) in [7, 11) is 0. The fourth-order valence-corrected chi connectivity index (χ4v) is 2.04. The lowest BCUT2D eigenvalue weighted by molar-refractivity contribution is -0.154. The van der Waals surface area contributed by atoms with Crippen molar-refractivity contribution in [2.45, 2.75) is 31.3 Å². The van der Waals surface area contributed by atoms with Crippen LogP contribution in [-0.4, -0.2) is 46.9 Å². The van der Waals surface area contributed by atoms with E-state index in [1.807, 2.05) is 0 Å². The smallest absolute Gasteiger partial charge is 0.414 e. The summed E-state index contributed by atoms with van der Waals surface area (Å²) in [6.07, 6.45) is 0.509. The van der Waals surface area contributed by atoms with Gasteiger partial charge in [-0.2, -0.15) is 0 Å². The van der Waals surface area contributed by atoms with Gasteiger partial charge in [-0.1, -0.05) is 0 Å². The van der Waals surface area contributed by atoms with Crippen LogP contribution < -0.4 is 0 Å². The Hall–Kier alpha value is -1.79. The summed E-state index contributed by atoms with van der Waals surface area (Å²) < 4.78 is 9.26. The van der Waals surface area contributed by atoms with Crippen LogP contribution in [0.3, 0.4) is 0 Å². The number of aliphatic carboxylic acids is 1. The Balaban J connectivity index is 2.30. The Kier molecular flexibility index (Phi) is 2.67. The van der Waals surface area contributed by atoms with Crippen molar-refractivity contribution in [3.63, 3.8) is 0 Å². The minimum absolute atomic E-state index is 0.328. The summed E-state index contributed by atoms with van der Waals surface area (Å²) in [5, 5.41) is 8.97. The average molecular weight is 229 g/mol. The lowest BCUT2D eigenvalue weighted by atomic mass is 9.96. The standard InChI is InChI=1S/C9H11NO6/c11-7(12)5-2-1-3-6-8(13)15-4-16-9(14)10(5)6/h5-6H,1-4H2,(H,11,12)/t5-,6+/m0/s1. The Bertz CT molecular complexity index is 341. The number of carboxylic acid groups (broad SMARTS) is 1. The summed E-state index contributed by atoms with van der Waals surface area (Å²) in [4.78, 5) is 34.9. The van der Waals surface area contributed by atoms with E-state index in [0.29, 0.717) is 19.3 Å². The van der Waals surface area contributed by atoms with Gasteiger partial charge in [-0.25, -0.2) is 14.4 Å². The Labute approximate surface area is 90.9 Å². The van der Waals surface area contributed by atoms with Crippen molar-refractivity contribution in [1.82, 2.24) is 4.90 Å². The number of hydrogen-bond acceptors (Lipinski definition) is 5. The number of amides is 1. The Morgan fingerprint density at radius 3 is 2.75 bits per heavy atom. The van der Waals surface area contributed by atoms with Gasteiger partial charge in [0.15, 0.2) is 0 Å². The van der Waals surface area contributed by atoms with Gasteiger partial charge >= 0.3 is 18.0 Å². The van der Waals surface area contributed by atoms with E-state index in [-0.39, 0.29) is 0 Å². The maximum Gasteiger partial charge on any atom is 0.414 e. The highest BCUT2D eigenvalue weighted by Gasteiger charge is 2.44. The van der Waals surface area contributed by atoms with Gasteiger partial charge in [-0.3, -0.25) is 4.90 Å². The lowest BCUT2D eigenvalue weighted by Crippen LogP contribution is -2.55. The van der Waals surface area contributed by atoms with Crippen LogP contribution >= 0.6 is 0 Å². The van der Waals surface area contributed by atoms with Crippen molar-refractivity contribution >= 4 is 18.0 Å². The van der Waals surface area contributed by atoms with Crippen molar-refractivity contribution in [2.24, 2.45) is 0 Å². The van der Waals surface area contributed by atoms with E-state index in [4.69, 9.17) is 5.11 Å². The first-order chi connectivity index (χ1) is 7.61. The van der Waals surface area contributed by atoms with Crippen LogP contribution in [0, 0.1) is 0 Å². The number of fused-ring (bicyclic) bond motifs is 1. The lowest BCUT2D eigenvalue weighted by Gasteiger charge is -2.35. The summed E-state index contributed by atoms with van der Waals surface area (Å²) in [6, 6.07) is -1.83. The summed E-state index contributed by atoms with van der Waals surface area (Å²) in [5.41, 5.74) is 0. The van der Waals surface area contributed by atoms with Crippen LogP contribution in [0.1, 0.15) is 19.3 Å². The fourth-order valence-electron chi connectivity index (χ4n) is 2.04. The predicted molar refractivity (Wildman–Crippen MR) is 48.3 cm³/mol. The average Bonchev–Trinajstić information content (AvgIpc) is 2.40. The van der Waals surface area contributed by atoms with Crippen LogP contribution in [0.15, 0.2) is 0 Å². The number of cyclic esters (lactones) is 2. The molecule has 2 rings (SSSR count). The number of carbonyl (C=O) groups is 3. The zero-order chi connectivity index (χ0) is 11.7. The molecule has 0 bridgehead atoms. The molecule has 0 unspecified atom stereocenters. The van der Waals surface area contributed by atoms with Crippen molar-refractivity contribution in [1.29, 1.82) is 0 Å². The van der Waals surface area contributed by atoms with E-state index in [2.05, 4.69) is 9.47 Å². The highest BCUT2D eigenvalue weighted by Crippen LogP contribution is 2.26. The van der Waals surface area contributed by atoms with Crippen LogP contribution in [0.2, 0.25) is 0 Å². The molecular formula is C9H11NO6. The highest BCUT2D eigenvalue weighted by molar-refractivity contribution is 5.87. The summed E-state index contributed by atoms with van der Waals surface area (Å²) in [5.74, 6) is -1.73. The van der Waals surface area contributed by atoms with Crippen molar-refractivity contribution in [3.8, 4) is 0 Å². The van der Waals surface area contributed by atoms with Gasteiger partial charge in [0, 0.05) is 0 Å². The van der Waals surface area contributed by atoms with Crippen LogP contribution in [0.4, 0.5) is 4.79 Å². The number of carbonyl (C=O) groups excluding carboxylic acids is 2. The predicted octanol–water partition coefficient (Wildman–Crippen LogP) is -0.0550. The van der Waals surface area contributed by atoms with Gasteiger partial charge < -0.3 is 14.6 Å². The zero-order valence-corrected chi connectivity index (χ0v) is 8.42. The van der Waals surface area contributed by atoms with E-state index in [0.717, 1.165) is 4.90 Å². The molecule has 16 heavy (non-hydrogen) atoms. The molecule has 7 nitrogen and oxygen atoms in total. The summed E-state index contributed by atoms with van der Waals surface area (Å²) in [6.45, 7) is -0.447. The maximum atomic E-state index is 11.5. The summed E-state index contributed by atoms with van der Waals surface area (Å²) >= 11 is 0. The van der Waals surface area contributed by atoms with Crippen LogP contribution in [0.5, 0.6) is 0 Å². The number of nitrogens with zero attached hydrogens (tertiary/aromatic N) is 1. The largest absolute Gasteiger partial charge is 0.480 e. The van der Waals surface area contributed by atoms with E-state index in [9.17, 15) is 14.4 Å². The third kappa shape index (κ3) is 1.68. The van der Waals surface area contributed by atoms with Gasteiger partial charge in [-0.15, -0.1) is 0 Å². The number of rotatable bonds is 1. The molecule has 0 aromatic heterocycles. The van der Waals surface area contributed by atoms with E-state index in [1.54, 1.807) is 0 Å². The molecule has 0 aliphatic carbocycles. The number of ether oxygens (including phenoxy) is 2. The van der Waals surface area contributed by atoms with Gasteiger partial charge in [0.1, 0.15) is 12.1 Å². The molecule has 1 N–H and O–H groups in total. The van der Waals surface area contributed by atoms with Gasteiger partial charge in [0.05, 0.1) is 0 Å². The Morgan fingerprint density at radius 1 is 1.31 bits per heavy atom. The van der Waals surface area contributed by atoms with E-state index < -0.39 is 36.9 Å². The molecular weight excluding hydrogens is 218 g/mol. The van der Waals surface area contributed by atoms with Crippen molar-refractivity contribution in [2.75, 3.05) is 6.79 Å². The quantitative estimate of drug-likeness (QED) is 0.633.